The SMILES string of the molecule is CCOC(=O)c1cncnc1N1CCCC1.Cl. The van der Waals surface area contributed by atoms with E-state index in [-0.39, 0.29) is 18.4 Å². The molecule has 1 aromatic rings. The average molecular weight is 258 g/mol. The maximum atomic E-state index is 11.7. The Kier molecular flexibility index (Phi) is 5.15. The fraction of sp³-hybridized carbons (Fsp3) is 0.545. The van der Waals surface area contributed by atoms with Crippen molar-refractivity contribution in [3.8, 4) is 0 Å². The molecule has 17 heavy (non-hydrogen) atoms. The highest BCUT2D eigenvalue weighted by atomic mass is 35.5. The molecule has 6 heteroatoms. The number of esters is 1. The van der Waals surface area contributed by atoms with Crippen molar-refractivity contribution in [2.75, 3.05) is 24.6 Å². The van der Waals surface area contributed by atoms with E-state index < -0.39 is 0 Å². The van der Waals surface area contributed by atoms with Crippen LogP contribution in [0.3, 0.4) is 0 Å². The van der Waals surface area contributed by atoms with Crippen molar-refractivity contribution in [1.29, 1.82) is 0 Å². The Hall–Kier alpha value is -1.36. The fourth-order valence-corrected chi connectivity index (χ4v) is 1.86. The highest BCUT2D eigenvalue weighted by Gasteiger charge is 2.21. The molecule has 2 heterocycles. The van der Waals surface area contributed by atoms with E-state index in [0.717, 1.165) is 25.9 Å². The Morgan fingerprint density at radius 3 is 2.82 bits per heavy atom. The lowest BCUT2D eigenvalue weighted by molar-refractivity contribution is 0.0526. The van der Waals surface area contributed by atoms with Gasteiger partial charge in [-0.25, -0.2) is 14.8 Å². The first kappa shape index (κ1) is 13.7. The van der Waals surface area contributed by atoms with E-state index in [4.69, 9.17) is 4.74 Å². The van der Waals surface area contributed by atoms with Gasteiger partial charge in [0.1, 0.15) is 17.7 Å². The molecule has 1 fully saturated rings. The molecular formula is C11H16ClN3O2. The summed E-state index contributed by atoms with van der Waals surface area (Å²) in [5.41, 5.74) is 0.464. The zero-order valence-corrected chi connectivity index (χ0v) is 10.6. The molecule has 0 spiro atoms. The molecule has 0 radical (unpaired) electrons. The molecule has 0 aromatic carbocycles. The van der Waals surface area contributed by atoms with E-state index in [1.54, 1.807) is 6.92 Å². The van der Waals surface area contributed by atoms with E-state index in [1.807, 2.05) is 0 Å². The van der Waals surface area contributed by atoms with Crippen LogP contribution in [0, 0.1) is 0 Å². The summed E-state index contributed by atoms with van der Waals surface area (Å²) in [7, 11) is 0. The molecule has 5 nitrogen and oxygen atoms in total. The molecule has 0 saturated carbocycles. The van der Waals surface area contributed by atoms with E-state index in [2.05, 4.69) is 14.9 Å². The normalized spacial score (nSPS) is 14.3. The number of hydrogen-bond acceptors (Lipinski definition) is 5. The number of nitrogens with zero attached hydrogens (tertiary/aromatic N) is 3. The van der Waals surface area contributed by atoms with Crippen LogP contribution in [0.15, 0.2) is 12.5 Å². The van der Waals surface area contributed by atoms with Gasteiger partial charge in [0.05, 0.1) is 6.61 Å². The van der Waals surface area contributed by atoms with Gasteiger partial charge in [-0.15, -0.1) is 12.4 Å². The van der Waals surface area contributed by atoms with Crippen LogP contribution in [0.4, 0.5) is 5.82 Å². The van der Waals surface area contributed by atoms with Crippen molar-refractivity contribution < 1.29 is 9.53 Å². The Bertz CT molecular complexity index is 381. The summed E-state index contributed by atoms with van der Waals surface area (Å²) in [5, 5.41) is 0. The number of ether oxygens (including phenoxy) is 1. The van der Waals surface area contributed by atoms with E-state index in [9.17, 15) is 4.79 Å². The van der Waals surface area contributed by atoms with Gasteiger partial charge in [0.15, 0.2) is 0 Å². The van der Waals surface area contributed by atoms with Gasteiger partial charge in [-0.2, -0.15) is 0 Å². The molecule has 0 unspecified atom stereocenters. The highest BCUT2D eigenvalue weighted by molar-refractivity contribution is 5.94. The van der Waals surface area contributed by atoms with Gasteiger partial charge in [0.25, 0.3) is 0 Å². The van der Waals surface area contributed by atoms with Gasteiger partial charge in [0.2, 0.25) is 0 Å². The van der Waals surface area contributed by atoms with Crippen LogP contribution >= 0.6 is 12.4 Å². The zero-order chi connectivity index (χ0) is 11.4. The largest absolute Gasteiger partial charge is 0.462 e. The number of hydrogen-bond donors (Lipinski definition) is 0. The summed E-state index contributed by atoms with van der Waals surface area (Å²) in [4.78, 5) is 21.9. The Balaban J connectivity index is 0.00000144. The maximum absolute atomic E-state index is 11.7. The fourth-order valence-electron chi connectivity index (χ4n) is 1.86. The minimum Gasteiger partial charge on any atom is -0.462 e. The quantitative estimate of drug-likeness (QED) is 0.771. The van der Waals surface area contributed by atoms with Crippen LogP contribution in [0.1, 0.15) is 30.1 Å². The van der Waals surface area contributed by atoms with Crippen LogP contribution in [0.2, 0.25) is 0 Å². The lowest BCUT2D eigenvalue weighted by atomic mass is 10.3. The second kappa shape index (κ2) is 6.39. The number of aromatic nitrogens is 2. The minimum absolute atomic E-state index is 0. The Morgan fingerprint density at radius 1 is 1.47 bits per heavy atom. The van der Waals surface area contributed by atoms with Gasteiger partial charge < -0.3 is 9.64 Å². The summed E-state index contributed by atoms with van der Waals surface area (Å²) < 4.78 is 4.98. The summed E-state index contributed by atoms with van der Waals surface area (Å²) in [6.07, 6.45) is 5.29. The summed E-state index contributed by atoms with van der Waals surface area (Å²) in [6.45, 7) is 4.05. The molecular weight excluding hydrogens is 242 g/mol. The smallest absolute Gasteiger partial charge is 0.343 e. The van der Waals surface area contributed by atoms with Gasteiger partial charge in [-0.1, -0.05) is 0 Å². The van der Waals surface area contributed by atoms with Crippen molar-refractivity contribution in [1.82, 2.24) is 9.97 Å². The molecule has 0 amide bonds. The average Bonchev–Trinajstić information content (AvgIpc) is 2.83. The standard InChI is InChI=1S/C11H15N3O2.ClH/c1-2-16-11(15)9-7-12-8-13-10(9)14-5-3-4-6-14;/h7-8H,2-6H2,1H3;1H. The monoisotopic (exact) mass is 257 g/mol. The van der Waals surface area contributed by atoms with E-state index in [0.29, 0.717) is 18.0 Å². The molecule has 0 bridgehead atoms. The van der Waals surface area contributed by atoms with Crippen LogP contribution in [-0.4, -0.2) is 35.6 Å². The molecule has 1 aliphatic rings. The van der Waals surface area contributed by atoms with Crippen molar-refractivity contribution in [3.63, 3.8) is 0 Å². The molecule has 1 saturated heterocycles. The van der Waals surface area contributed by atoms with Gasteiger partial charge in [-0.3, -0.25) is 0 Å². The predicted octanol–water partition coefficient (Wildman–Crippen LogP) is 1.68. The predicted molar refractivity (Wildman–Crippen MR) is 66.7 cm³/mol. The zero-order valence-electron chi connectivity index (χ0n) is 9.76. The third kappa shape index (κ3) is 3.06. The van der Waals surface area contributed by atoms with Crippen LogP contribution in [0.5, 0.6) is 0 Å². The first-order valence-corrected chi connectivity index (χ1v) is 5.55. The van der Waals surface area contributed by atoms with Crippen molar-refractivity contribution >= 4 is 24.2 Å². The number of carbonyl (C=O) groups excluding carboxylic acids is 1. The van der Waals surface area contributed by atoms with E-state index >= 15 is 0 Å². The number of halogens is 1. The van der Waals surface area contributed by atoms with Crippen molar-refractivity contribution in [3.05, 3.63) is 18.1 Å². The minimum atomic E-state index is -0.343. The van der Waals surface area contributed by atoms with Crippen molar-refractivity contribution in [2.45, 2.75) is 19.8 Å². The Labute approximate surface area is 107 Å². The van der Waals surface area contributed by atoms with Crippen LogP contribution in [0.25, 0.3) is 0 Å². The highest BCUT2D eigenvalue weighted by Crippen LogP contribution is 2.21. The molecule has 0 N–H and O–H groups in total. The van der Waals surface area contributed by atoms with Crippen LogP contribution < -0.4 is 4.90 Å². The summed E-state index contributed by atoms with van der Waals surface area (Å²) >= 11 is 0. The first-order chi connectivity index (χ1) is 7.83. The summed E-state index contributed by atoms with van der Waals surface area (Å²) in [5.74, 6) is 0.357. The second-order valence-corrected chi connectivity index (χ2v) is 3.67. The molecule has 0 aliphatic carbocycles. The lowest BCUT2D eigenvalue weighted by Gasteiger charge is -2.18. The van der Waals surface area contributed by atoms with Crippen LogP contribution in [-0.2, 0) is 4.74 Å². The maximum Gasteiger partial charge on any atom is 0.343 e. The van der Waals surface area contributed by atoms with Gasteiger partial charge in [0, 0.05) is 19.3 Å². The molecule has 2 rings (SSSR count). The molecule has 1 aromatic heterocycles. The number of carbonyl (C=O) groups is 1. The second-order valence-electron chi connectivity index (χ2n) is 3.67. The molecule has 94 valence electrons. The van der Waals surface area contributed by atoms with Crippen molar-refractivity contribution in [2.24, 2.45) is 0 Å². The molecule has 0 atom stereocenters. The third-order valence-corrected chi connectivity index (χ3v) is 2.59. The number of anilines is 1. The topological polar surface area (TPSA) is 55.3 Å². The number of rotatable bonds is 3. The van der Waals surface area contributed by atoms with E-state index in [1.165, 1.54) is 12.5 Å². The first-order valence-electron chi connectivity index (χ1n) is 5.55. The Morgan fingerprint density at radius 2 is 2.18 bits per heavy atom. The van der Waals surface area contributed by atoms with Gasteiger partial charge >= 0.3 is 5.97 Å². The summed E-state index contributed by atoms with van der Waals surface area (Å²) in [6, 6.07) is 0. The third-order valence-electron chi connectivity index (χ3n) is 2.59. The lowest BCUT2D eigenvalue weighted by Crippen LogP contribution is -2.23. The van der Waals surface area contributed by atoms with Gasteiger partial charge in [-0.05, 0) is 19.8 Å². The molecule has 1 aliphatic heterocycles.